The molecule has 1 aromatic carbocycles. The summed E-state index contributed by atoms with van der Waals surface area (Å²) < 4.78 is 1.35. The molecule has 1 amide bonds. The lowest BCUT2D eigenvalue weighted by atomic mass is 10.1. The molecule has 0 saturated carbocycles. The van der Waals surface area contributed by atoms with Crippen LogP contribution in [-0.2, 0) is 0 Å². The first-order chi connectivity index (χ1) is 9.63. The number of nitrogens with zero attached hydrogens (tertiary/aromatic N) is 3. The number of aromatic nitrogens is 3. The van der Waals surface area contributed by atoms with Crippen LogP contribution in [0.25, 0.3) is 11.0 Å². The van der Waals surface area contributed by atoms with Crippen molar-refractivity contribution in [3.63, 3.8) is 0 Å². The number of benzene rings is 1. The summed E-state index contributed by atoms with van der Waals surface area (Å²) in [6, 6.07) is 3.72. The second-order valence-electron chi connectivity index (χ2n) is 5.22. The molecule has 5 nitrogen and oxygen atoms in total. The van der Waals surface area contributed by atoms with Crippen LogP contribution in [0, 0.1) is 13.8 Å². The Kier molecular flexibility index (Phi) is 4.71. The molecule has 5 heteroatoms. The Morgan fingerprint density at radius 3 is 2.70 bits per heavy atom. The van der Waals surface area contributed by atoms with Gasteiger partial charge in [0.25, 0.3) is 0 Å². The van der Waals surface area contributed by atoms with Gasteiger partial charge in [0.1, 0.15) is 5.52 Å². The number of hydrogen-bond donors (Lipinski definition) is 1. The lowest BCUT2D eigenvalue weighted by Crippen LogP contribution is -2.30. The predicted octanol–water partition coefficient (Wildman–Crippen LogP) is 3.19. The Morgan fingerprint density at radius 2 is 1.95 bits per heavy atom. The Bertz CT molecular complexity index is 603. The molecule has 0 bridgehead atoms. The van der Waals surface area contributed by atoms with Crippen LogP contribution in [0.3, 0.4) is 0 Å². The Hall–Kier alpha value is -1.91. The molecule has 0 saturated heterocycles. The molecule has 0 fully saturated rings. The predicted molar refractivity (Wildman–Crippen MR) is 79.9 cm³/mol. The Labute approximate surface area is 119 Å². The van der Waals surface area contributed by atoms with Crippen LogP contribution in [0.4, 0.5) is 4.79 Å². The van der Waals surface area contributed by atoms with Gasteiger partial charge in [-0.3, -0.25) is 0 Å². The van der Waals surface area contributed by atoms with E-state index in [1.54, 1.807) is 0 Å². The number of carbonyl (C=O) groups is 1. The summed E-state index contributed by atoms with van der Waals surface area (Å²) in [6.07, 6.45) is 4.55. The zero-order chi connectivity index (χ0) is 14.5. The SMILES string of the molecule is CCCCCCNC(=O)n1nnc2cc(C)c(C)cc21. The van der Waals surface area contributed by atoms with E-state index in [-0.39, 0.29) is 6.03 Å². The largest absolute Gasteiger partial charge is 0.344 e. The van der Waals surface area contributed by atoms with Gasteiger partial charge in [-0.25, -0.2) is 4.79 Å². The Balaban J connectivity index is 2.05. The fourth-order valence-corrected chi connectivity index (χ4v) is 2.15. The number of fused-ring (bicyclic) bond motifs is 1. The second kappa shape index (κ2) is 6.50. The van der Waals surface area contributed by atoms with E-state index >= 15 is 0 Å². The molecule has 0 aliphatic carbocycles. The monoisotopic (exact) mass is 274 g/mol. The fraction of sp³-hybridized carbons (Fsp3) is 0.533. The van der Waals surface area contributed by atoms with Crippen molar-refractivity contribution in [3.05, 3.63) is 23.3 Å². The van der Waals surface area contributed by atoms with Crippen molar-refractivity contribution in [2.24, 2.45) is 0 Å². The van der Waals surface area contributed by atoms with E-state index in [2.05, 4.69) is 22.6 Å². The first-order valence-corrected chi connectivity index (χ1v) is 7.24. The number of carbonyl (C=O) groups excluding carboxylic acids is 1. The van der Waals surface area contributed by atoms with Crippen molar-refractivity contribution in [1.29, 1.82) is 0 Å². The minimum absolute atomic E-state index is 0.202. The van der Waals surface area contributed by atoms with Gasteiger partial charge in [0, 0.05) is 6.54 Å². The van der Waals surface area contributed by atoms with Gasteiger partial charge in [0.15, 0.2) is 0 Å². The van der Waals surface area contributed by atoms with Gasteiger partial charge >= 0.3 is 6.03 Å². The molecule has 0 spiro atoms. The van der Waals surface area contributed by atoms with Gasteiger partial charge in [0.2, 0.25) is 0 Å². The van der Waals surface area contributed by atoms with E-state index in [0.717, 1.165) is 35.0 Å². The third kappa shape index (κ3) is 3.15. The van der Waals surface area contributed by atoms with Crippen molar-refractivity contribution in [1.82, 2.24) is 20.3 Å². The maximum atomic E-state index is 12.1. The van der Waals surface area contributed by atoms with Crippen molar-refractivity contribution in [2.45, 2.75) is 46.5 Å². The quantitative estimate of drug-likeness (QED) is 0.852. The minimum Gasteiger partial charge on any atom is -0.336 e. The van der Waals surface area contributed by atoms with E-state index in [9.17, 15) is 4.79 Å². The molecular weight excluding hydrogens is 252 g/mol. The van der Waals surface area contributed by atoms with Gasteiger partial charge in [0.05, 0.1) is 5.52 Å². The van der Waals surface area contributed by atoms with Crippen LogP contribution in [0.15, 0.2) is 12.1 Å². The second-order valence-corrected chi connectivity index (χ2v) is 5.22. The van der Waals surface area contributed by atoms with Crippen LogP contribution in [0.5, 0.6) is 0 Å². The minimum atomic E-state index is -0.202. The number of amides is 1. The number of aryl methyl sites for hydroxylation is 2. The van der Waals surface area contributed by atoms with E-state index in [4.69, 9.17) is 0 Å². The molecule has 0 radical (unpaired) electrons. The van der Waals surface area contributed by atoms with Gasteiger partial charge < -0.3 is 5.32 Å². The summed E-state index contributed by atoms with van der Waals surface area (Å²) in [4.78, 5) is 12.1. The summed E-state index contributed by atoms with van der Waals surface area (Å²) in [7, 11) is 0. The van der Waals surface area contributed by atoms with Crippen molar-refractivity contribution in [3.8, 4) is 0 Å². The summed E-state index contributed by atoms with van der Waals surface area (Å²) in [5.74, 6) is 0. The third-order valence-corrected chi connectivity index (χ3v) is 3.56. The highest BCUT2D eigenvalue weighted by atomic mass is 16.2. The van der Waals surface area contributed by atoms with Gasteiger partial charge in [-0.15, -0.1) is 5.10 Å². The molecule has 1 aromatic heterocycles. The molecule has 108 valence electrons. The average Bonchev–Trinajstić information content (AvgIpc) is 2.82. The normalized spacial score (nSPS) is 10.9. The highest BCUT2D eigenvalue weighted by Gasteiger charge is 2.12. The third-order valence-electron chi connectivity index (χ3n) is 3.56. The summed E-state index contributed by atoms with van der Waals surface area (Å²) >= 11 is 0. The van der Waals surface area contributed by atoms with Crippen LogP contribution >= 0.6 is 0 Å². The van der Waals surface area contributed by atoms with Gasteiger partial charge in [-0.05, 0) is 43.5 Å². The molecule has 0 unspecified atom stereocenters. The number of rotatable bonds is 5. The zero-order valence-corrected chi connectivity index (χ0v) is 12.4. The molecule has 0 aliphatic heterocycles. The van der Waals surface area contributed by atoms with E-state index in [1.807, 2.05) is 26.0 Å². The maximum absolute atomic E-state index is 12.1. The van der Waals surface area contributed by atoms with Crippen molar-refractivity contribution >= 4 is 17.1 Å². The van der Waals surface area contributed by atoms with Crippen LogP contribution < -0.4 is 5.32 Å². The van der Waals surface area contributed by atoms with Crippen LogP contribution in [0.2, 0.25) is 0 Å². The molecule has 2 aromatic rings. The first-order valence-electron chi connectivity index (χ1n) is 7.24. The van der Waals surface area contributed by atoms with Crippen LogP contribution in [-0.4, -0.2) is 27.6 Å². The van der Waals surface area contributed by atoms with Crippen molar-refractivity contribution < 1.29 is 4.79 Å². The highest BCUT2D eigenvalue weighted by molar-refractivity contribution is 5.88. The molecule has 0 aliphatic rings. The molecule has 0 atom stereocenters. The van der Waals surface area contributed by atoms with Gasteiger partial charge in [-0.1, -0.05) is 31.4 Å². The van der Waals surface area contributed by atoms with E-state index in [0.29, 0.717) is 6.54 Å². The lowest BCUT2D eigenvalue weighted by Gasteiger charge is -2.05. The maximum Gasteiger partial charge on any atom is 0.344 e. The lowest BCUT2D eigenvalue weighted by molar-refractivity contribution is 0.239. The molecule has 2 rings (SSSR count). The summed E-state index contributed by atoms with van der Waals surface area (Å²) in [6.45, 7) is 6.91. The Morgan fingerprint density at radius 1 is 1.20 bits per heavy atom. The molecule has 20 heavy (non-hydrogen) atoms. The first kappa shape index (κ1) is 14.5. The smallest absolute Gasteiger partial charge is 0.336 e. The average molecular weight is 274 g/mol. The summed E-state index contributed by atoms with van der Waals surface area (Å²) in [5, 5.41) is 10.9. The topological polar surface area (TPSA) is 59.8 Å². The number of nitrogens with one attached hydrogen (secondary N) is 1. The molecule has 1 N–H and O–H groups in total. The fourth-order valence-electron chi connectivity index (χ4n) is 2.15. The highest BCUT2D eigenvalue weighted by Crippen LogP contribution is 2.16. The standard InChI is InChI=1S/C15H22N4O/c1-4-5-6-7-8-16-15(20)19-14-10-12(3)11(2)9-13(14)17-18-19/h9-10H,4-8H2,1-3H3,(H,16,20). The summed E-state index contributed by atoms with van der Waals surface area (Å²) in [5.41, 5.74) is 3.81. The van der Waals surface area contributed by atoms with Gasteiger partial charge in [-0.2, -0.15) is 4.68 Å². The molecule has 1 heterocycles. The zero-order valence-electron chi connectivity index (χ0n) is 12.4. The van der Waals surface area contributed by atoms with E-state index in [1.165, 1.54) is 17.5 Å². The molecular formula is C15H22N4O. The number of unbranched alkanes of at least 4 members (excludes halogenated alkanes) is 3. The van der Waals surface area contributed by atoms with E-state index < -0.39 is 0 Å². The van der Waals surface area contributed by atoms with Crippen LogP contribution in [0.1, 0.15) is 43.7 Å². The van der Waals surface area contributed by atoms with Crippen molar-refractivity contribution in [2.75, 3.05) is 6.54 Å². The number of hydrogen-bond acceptors (Lipinski definition) is 3.